The van der Waals surface area contributed by atoms with Crippen molar-refractivity contribution >= 4 is 5.97 Å². The summed E-state index contributed by atoms with van der Waals surface area (Å²) in [5.41, 5.74) is 1.43. The standard InChI is InChI=1S/C20H15N3O3/c1-26-20(25)17-16(14-8-4-2-5-9-14)18(15-10-6-3-7-11-15)22-23(13-12-21)19(17)24/h2-11H,13H2,1H3. The van der Waals surface area contributed by atoms with Gasteiger partial charge in [0.15, 0.2) is 0 Å². The van der Waals surface area contributed by atoms with Crippen LogP contribution in [0.1, 0.15) is 10.4 Å². The molecule has 0 unspecified atom stereocenters. The van der Waals surface area contributed by atoms with Crippen LogP contribution in [0.3, 0.4) is 0 Å². The van der Waals surface area contributed by atoms with E-state index in [1.165, 1.54) is 7.11 Å². The van der Waals surface area contributed by atoms with Gasteiger partial charge in [-0.3, -0.25) is 4.79 Å². The Morgan fingerprint density at radius 3 is 2.19 bits per heavy atom. The number of methoxy groups -OCH3 is 1. The number of ether oxygens (including phenoxy) is 1. The third-order valence-electron chi connectivity index (χ3n) is 3.88. The Bertz CT molecular complexity index is 1040. The van der Waals surface area contributed by atoms with Gasteiger partial charge in [-0.25, -0.2) is 9.48 Å². The van der Waals surface area contributed by atoms with Gasteiger partial charge in [-0.1, -0.05) is 60.7 Å². The topological polar surface area (TPSA) is 85.0 Å². The van der Waals surface area contributed by atoms with Gasteiger partial charge in [0.2, 0.25) is 0 Å². The molecule has 3 rings (SSSR count). The van der Waals surface area contributed by atoms with Gasteiger partial charge < -0.3 is 4.74 Å². The maximum absolute atomic E-state index is 12.8. The van der Waals surface area contributed by atoms with E-state index < -0.39 is 11.5 Å². The fourth-order valence-electron chi connectivity index (χ4n) is 2.72. The van der Waals surface area contributed by atoms with Crippen molar-refractivity contribution in [3.8, 4) is 28.5 Å². The number of carbonyl (C=O) groups excluding carboxylic acids is 1. The fourth-order valence-corrected chi connectivity index (χ4v) is 2.72. The van der Waals surface area contributed by atoms with Crippen LogP contribution in [0, 0.1) is 11.3 Å². The normalized spacial score (nSPS) is 10.2. The number of carbonyl (C=O) groups is 1. The number of hydrogen-bond acceptors (Lipinski definition) is 5. The zero-order valence-corrected chi connectivity index (χ0v) is 14.0. The molecule has 128 valence electrons. The third kappa shape index (κ3) is 3.10. The maximum Gasteiger partial charge on any atom is 0.344 e. The summed E-state index contributed by atoms with van der Waals surface area (Å²) in [6, 6.07) is 20.1. The minimum atomic E-state index is -0.764. The summed E-state index contributed by atoms with van der Waals surface area (Å²) in [4.78, 5) is 25.2. The fraction of sp³-hybridized carbons (Fsp3) is 0.100. The quantitative estimate of drug-likeness (QED) is 0.679. The molecule has 0 N–H and O–H groups in total. The van der Waals surface area contributed by atoms with Crippen molar-refractivity contribution in [2.45, 2.75) is 6.54 Å². The smallest absolute Gasteiger partial charge is 0.344 e. The molecule has 0 saturated heterocycles. The molecule has 2 aromatic carbocycles. The second-order valence-electron chi connectivity index (χ2n) is 5.44. The van der Waals surface area contributed by atoms with Crippen LogP contribution in [0.2, 0.25) is 0 Å². The first kappa shape index (κ1) is 17.1. The first-order valence-electron chi connectivity index (χ1n) is 7.88. The van der Waals surface area contributed by atoms with Gasteiger partial charge in [-0.15, -0.1) is 0 Å². The molecular weight excluding hydrogens is 330 g/mol. The van der Waals surface area contributed by atoms with Crippen LogP contribution < -0.4 is 5.56 Å². The lowest BCUT2D eigenvalue weighted by molar-refractivity contribution is 0.0598. The van der Waals surface area contributed by atoms with Gasteiger partial charge in [-0.05, 0) is 5.56 Å². The van der Waals surface area contributed by atoms with Gasteiger partial charge in [0.05, 0.1) is 18.9 Å². The number of hydrogen-bond donors (Lipinski definition) is 0. The monoisotopic (exact) mass is 345 g/mol. The van der Waals surface area contributed by atoms with Gasteiger partial charge >= 0.3 is 5.97 Å². The Kier molecular flexibility index (Phi) is 4.90. The van der Waals surface area contributed by atoms with Crippen LogP contribution in [0.5, 0.6) is 0 Å². The van der Waals surface area contributed by atoms with E-state index >= 15 is 0 Å². The van der Waals surface area contributed by atoms with E-state index in [1.54, 1.807) is 12.1 Å². The molecule has 1 heterocycles. The van der Waals surface area contributed by atoms with E-state index in [9.17, 15) is 9.59 Å². The average molecular weight is 345 g/mol. The van der Waals surface area contributed by atoms with Crippen LogP contribution in [0.4, 0.5) is 0 Å². The number of nitriles is 1. The molecule has 0 fully saturated rings. The number of benzene rings is 2. The summed E-state index contributed by atoms with van der Waals surface area (Å²) in [6.07, 6.45) is 0. The van der Waals surface area contributed by atoms with Crippen molar-refractivity contribution in [1.82, 2.24) is 9.78 Å². The first-order chi connectivity index (χ1) is 12.7. The lowest BCUT2D eigenvalue weighted by atomic mass is 9.95. The molecule has 0 atom stereocenters. The van der Waals surface area contributed by atoms with E-state index in [1.807, 2.05) is 54.6 Å². The van der Waals surface area contributed by atoms with Gasteiger partial charge in [0.25, 0.3) is 5.56 Å². The summed E-state index contributed by atoms with van der Waals surface area (Å²) >= 11 is 0. The molecule has 0 saturated carbocycles. The largest absolute Gasteiger partial charge is 0.465 e. The van der Waals surface area contributed by atoms with Crippen LogP contribution in [-0.4, -0.2) is 22.9 Å². The van der Waals surface area contributed by atoms with E-state index in [0.29, 0.717) is 16.8 Å². The van der Waals surface area contributed by atoms with Crippen LogP contribution in [-0.2, 0) is 11.3 Å². The number of nitrogens with zero attached hydrogens (tertiary/aromatic N) is 3. The van der Waals surface area contributed by atoms with E-state index in [4.69, 9.17) is 10.00 Å². The zero-order valence-electron chi connectivity index (χ0n) is 14.0. The van der Waals surface area contributed by atoms with Gasteiger partial charge in [0.1, 0.15) is 12.1 Å². The molecule has 6 heteroatoms. The molecule has 0 radical (unpaired) electrons. The Hall–Kier alpha value is -3.72. The summed E-state index contributed by atoms with van der Waals surface area (Å²) < 4.78 is 5.83. The molecule has 26 heavy (non-hydrogen) atoms. The molecule has 3 aromatic rings. The lowest BCUT2D eigenvalue weighted by Gasteiger charge is -2.15. The second kappa shape index (κ2) is 7.45. The highest BCUT2D eigenvalue weighted by Crippen LogP contribution is 2.32. The Labute approximate surface area is 149 Å². The molecule has 1 aromatic heterocycles. The summed E-state index contributed by atoms with van der Waals surface area (Å²) in [6.45, 7) is -0.266. The molecule has 0 aliphatic carbocycles. The summed E-state index contributed by atoms with van der Waals surface area (Å²) in [7, 11) is 1.22. The van der Waals surface area contributed by atoms with Crippen molar-refractivity contribution in [3.63, 3.8) is 0 Å². The summed E-state index contributed by atoms with van der Waals surface area (Å²) in [5, 5.41) is 13.4. The van der Waals surface area contributed by atoms with Crippen LogP contribution in [0.25, 0.3) is 22.4 Å². The average Bonchev–Trinajstić information content (AvgIpc) is 2.70. The third-order valence-corrected chi connectivity index (χ3v) is 3.88. The van der Waals surface area contributed by atoms with Crippen molar-refractivity contribution in [3.05, 3.63) is 76.6 Å². The Morgan fingerprint density at radius 1 is 1.08 bits per heavy atom. The predicted octanol–water partition coefficient (Wildman–Crippen LogP) is 2.89. The van der Waals surface area contributed by atoms with E-state index in [2.05, 4.69) is 5.10 Å². The van der Waals surface area contributed by atoms with Crippen molar-refractivity contribution in [2.75, 3.05) is 7.11 Å². The molecule has 0 aliphatic heterocycles. The van der Waals surface area contributed by atoms with Gasteiger partial charge in [0, 0.05) is 11.1 Å². The molecular formula is C20H15N3O3. The zero-order chi connectivity index (χ0) is 18.5. The molecule has 6 nitrogen and oxygen atoms in total. The highest BCUT2D eigenvalue weighted by atomic mass is 16.5. The van der Waals surface area contributed by atoms with E-state index in [-0.39, 0.29) is 12.1 Å². The minimum Gasteiger partial charge on any atom is -0.465 e. The predicted molar refractivity (Wildman–Crippen MR) is 96.3 cm³/mol. The maximum atomic E-state index is 12.8. The summed E-state index contributed by atoms with van der Waals surface area (Å²) in [5.74, 6) is -0.764. The number of esters is 1. The lowest BCUT2D eigenvalue weighted by Crippen LogP contribution is -2.30. The minimum absolute atomic E-state index is 0.136. The van der Waals surface area contributed by atoms with Gasteiger partial charge in [-0.2, -0.15) is 10.4 Å². The van der Waals surface area contributed by atoms with Crippen molar-refractivity contribution < 1.29 is 9.53 Å². The number of rotatable bonds is 4. The van der Waals surface area contributed by atoms with Crippen molar-refractivity contribution in [1.29, 1.82) is 5.26 Å². The van der Waals surface area contributed by atoms with Crippen molar-refractivity contribution in [2.24, 2.45) is 0 Å². The molecule has 0 amide bonds. The molecule has 0 bridgehead atoms. The van der Waals surface area contributed by atoms with Crippen LogP contribution >= 0.6 is 0 Å². The SMILES string of the molecule is COC(=O)c1c(-c2ccccc2)c(-c2ccccc2)nn(CC#N)c1=O. The molecule has 0 spiro atoms. The highest BCUT2D eigenvalue weighted by Gasteiger charge is 2.25. The first-order valence-corrected chi connectivity index (χ1v) is 7.88. The Morgan fingerprint density at radius 2 is 1.65 bits per heavy atom. The molecule has 0 aliphatic rings. The van der Waals surface area contributed by atoms with Crippen LogP contribution in [0.15, 0.2) is 65.5 Å². The number of aromatic nitrogens is 2. The highest BCUT2D eigenvalue weighted by molar-refractivity contribution is 6.00. The second-order valence-corrected chi connectivity index (χ2v) is 5.44. The van der Waals surface area contributed by atoms with E-state index in [0.717, 1.165) is 10.2 Å². The Balaban J connectivity index is 2.45.